The third kappa shape index (κ3) is 2.75. The second-order valence-corrected chi connectivity index (χ2v) is 11.2. The lowest BCUT2D eigenvalue weighted by atomic mass is 10.0. The highest BCUT2D eigenvalue weighted by molar-refractivity contribution is 7.97. The fraction of sp³-hybridized carbons (Fsp3) is 0.0435. The van der Waals surface area contributed by atoms with Crippen molar-refractivity contribution >= 4 is 31.2 Å². The van der Waals surface area contributed by atoms with Crippen LogP contribution < -0.4 is 0 Å². The SMILES string of the molecule is O=C1C(=CC2C(=O)c3ccccc3S2(=O)=O)S(=O)(=O)c2cc(-c3ccccc3)ccc21. The number of carbonyl (C=O) groups is 2. The molecule has 2 aliphatic rings. The van der Waals surface area contributed by atoms with Crippen molar-refractivity contribution < 1.29 is 26.4 Å². The number of ketones is 2. The second-order valence-electron chi connectivity index (χ2n) is 7.27. The minimum atomic E-state index is -4.28. The van der Waals surface area contributed by atoms with E-state index in [1.807, 2.05) is 30.3 Å². The summed E-state index contributed by atoms with van der Waals surface area (Å²) in [6.45, 7) is 0. The Balaban J connectivity index is 1.64. The molecule has 154 valence electrons. The molecule has 3 aromatic rings. The molecule has 0 saturated heterocycles. The zero-order valence-electron chi connectivity index (χ0n) is 15.8. The van der Waals surface area contributed by atoms with Crippen molar-refractivity contribution in [1.29, 1.82) is 0 Å². The first-order valence-corrected chi connectivity index (χ1v) is 12.3. The van der Waals surface area contributed by atoms with E-state index in [2.05, 4.69) is 0 Å². The summed E-state index contributed by atoms with van der Waals surface area (Å²) in [4.78, 5) is 24.6. The predicted octanol–water partition coefficient (Wildman–Crippen LogP) is 3.25. The Morgan fingerprint density at radius 2 is 1.35 bits per heavy atom. The van der Waals surface area contributed by atoms with Gasteiger partial charge in [0.15, 0.2) is 15.6 Å². The lowest BCUT2D eigenvalue weighted by Crippen LogP contribution is -2.22. The van der Waals surface area contributed by atoms with Gasteiger partial charge < -0.3 is 0 Å². The number of rotatable bonds is 2. The van der Waals surface area contributed by atoms with Crippen molar-refractivity contribution in [3.05, 3.63) is 94.9 Å². The molecule has 0 spiro atoms. The summed E-state index contributed by atoms with van der Waals surface area (Å²) in [6, 6.07) is 19.2. The maximum absolute atomic E-state index is 13.2. The standard InChI is InChI=1S/C23H14O6S2/c24-22-16-8-4-5-9-18(16)30(26,27)20(22)13-21-23(25)17-11-10-15(12-19(17)31(21,28)29)14-6-2-1-3-7-14/h1-13,20H. The van der Waals surface area contributed by atoms with E-state index >= 15 is 0 Å². The van der Waals surface area contributed by atoms with Crippen molar-refractivity contribution in [3.8, 4) is 11.1 Å². The largest absolute Gasteiger partial charge is 0.292 e. The van der Waals surface area contributed by atoms with Crippen LogP contribution in [0.1, 0.15) is 20.7 Å². The first kappa shape index (κ1) is 19.6. The quantitative estimate of drug-likeness (QED) is 0.556. The molecular formula is C23H14O6S2. The highest BCUT2D eigenvalue weighted by Gasteiger charge is 2.47. The number of carbonyl (C=O) groups excluding carboxylic acids is 2. The summed E-state index contributed by atoms with van der Waals surface area (Å²) in [5.41, 5.74) is 1.34. The summed E-state index contributed by atoms with van der Waals surface area (Å²) in [5, 5.41) is -1.75. The predicted molar refractivity (Wildman–Crippen MR) is 113 cm³/mol. The van der Waals surface area contributed by atoms with Crippen LogP contribution in [-0.2, 0) is 19.7 Å². The van der Waals surface area contributed by atoms with Crippen LogP contribution in [0.5, 0.6) is 0 Å². The number of benzene rings is 3. The molecule has 1 unspecified atom stereocenters. The van der Waals surface area contributed by atoms with Gasteiger partial charge in [-0.25, -0.2) is 16.8 Å². The lowest BCUT2D eigenvalue weighted by molar-refractivity contribution is 0.100. The summed E-state index contributed by atoms with van der Waals surface area (Å²) < 4.78 is 52.0. The number of hydrogen-bond donors (Lipinski definition) is 0. The van der Waals surface area contributed by atoms with Crippen LogP contribution in [0.2, 0.25) is 0 Å². The summed E-state index contributed by atoms with van der Waals surface area (Å²) in [7, 11) is -8.42. The van der Waals surface area contributed by atoms with Crippen molar-refractivity contribution in [2.45, 2.75) is 15.0 Å². The highest BCUT2D eigenvalue weighted by atomic mass is 32.2. The molecule has 0 bridgehead atoms. The minimum absolute atomic E-state index is 0.00364. The van der Waals surface area contributed by atoms with Gasteiger partial charge in [-0.15, -0.1) is 0 Å². The van der Waals surface area contributed by atoms with Gasteiger partial charge in [-0.1, -0.05) is 54.6 Å². The van der Waals surface area contributed by atoms with Crippen LogP contribution in [-0.4, -0.2) is 33.7 Å². The Bertz CT molecular complexity index is 1530. The third-order valence-corrected chi connectivity index (χ3v) is 9.30. The van der Waals surface area contributed by atoms with Crippen molar-refractivity contribution in [2.24, 2.45) is 0 Å². The summed E-state index contributed by atoms with van der Waals surface area (Å²) in [6.07, 6.45) is 0.789. The number of fused-ring (bicyclic) bond motifs is 2. The van der Waals surface area contributed by atoms with E-state index in [1.165, 1.54) is 36.4 Å². The number of hydrogen-bond acceptors (Lipinski definition) is 6. The Morgan fingerprint density at radius 1 is 0.677 bits per heavy atom. The molecule has 2 heterocycles. The zero-order valence-corrected chi connectivity index (χ0v) is 17.5. The number of Topliss-reactive ketones (excluding diaryl/α,β-unsaturated/α-hetero) is 2. The minimum Gasteiger partial charge on any atom is -0.292 e. The monoisotopic (exact) mass is 450 g/mol. The Hall–Kier alpha value is -3.36. The number of sulfone groups is 2. The molecule has 0 N–H and O–H groups in total. The van der Waals surface area contributed by atoms with Crippen LogP contribution in [0.15, 0.2) is 93.6 Å². The van der Waals surface area contributed by atoms with Crippen LogP contribution in [0.3, 0.4) is 0 Å². The van der Waals surface area contributed by atoms with Gasteiger partial charge in [0.25, 0.3) is 0 Å². The Morgan fingerprint density at radius 3 is 2.06 bits per heavy atom. The van der Waals surface area contributed by atoms with Crippen LogP contribution in [0.4, 0.5) is 0 Å². The molecule has 0 aliphatic carbocycles. The van der Waals surface area contributed by atoms with E-state index in [9.17, 15) is 26.4 Å². The molecule has 0 aromatic heterocycles. The van der Waals surface area contributed by atoms with Crippen molar-refractivity contribution in [1.82, 2.24) is 0 Å². The van der Waals surface area contributed by atoms with Gasteiger partial charge in [0.2, 0.25) is 15.6 Å². The van der Waals surface area contributed by atoms with Crippen molar-refractivity contribution in [2.75, 3.05) is 0 Å². The Kier molecular flexibility index (Phi) is 4.15. The van der Waals surface area contributed by atoms with E-state index in [1.54, 1.807) is 6.07 Å². The second kappa shape index (κ2) is 6.57. The van der Waals surface area contributed by atoms with E-state index in [4.69, 9.17) is 0 Å². The third-order valence-electron chi connectivity index (χ3n) is 5.49. The van der Waals surface area contributed by atoms with Crippen molar-refractivity contribution in [3.63, 3.8) is 0 Å². The van der Waals surface area contributed by atoms with Gasteiger partial charge in [0.05, 0.1) is 9.79 Å². The van der Waals surface area contributed by atoms with E-state index < -0.39 is 41.4 Å². The molecular weight excluding hydrogens is 436 g/mol. The molecule has 1 atom stereocenters. The topological polar surface area (TPSA) is 102 Å². The average Bonchev–Trinajstić information content (AvgIpc) is 3.08. The maximum Gasteiger partial charge on any atom is 0.210 e. The summed E-state index contributed by atoms with van der Waals surface area (Å²) >= 11 is 0. The molecule has 0 radical (unpaired) electrons. The molecule has 0 fully saturated rings. The van der Waals surface area contributed by atoms with Crippen LogP contribution >= 0.6 is 0 Å². The molecule has 2 aliphatic heterocycles. The first-order chi connectivity index (χ1) is 14.7. The highest BCUT2D eigenvalue weighted by Crippen LogP contribution is 2.39. The fourth-order valence-corrected chi connectivity index (χ4v) is 7.40. The fourth-order valence-electron chi connectivity index (χ4n) is 3.93. The van der Waals surface area contributed by atoms with Crippen LogP contribution in [0, 0.1) is 0 Å². The average molecular weight is 450 g/mol. The van der Waals surface area contributed by atoms with Gasteiger partial charge in [0.1, 0.15) is 10.2 Å². The molecule has 0 amide bonds. The summed E-state index contributed by atoms with van der Waals surface area (Å²) in [5.74, 6) is -1.56. The smallest absolute Gasteiger partial charge is 0.210 e. The lowest BCUT2D eigenvalue weighted by Gasteiger charge is -2.05. The van der Waals surface area contributed by atoms with E-state index in [0.29, 0.717) is 5.56 Å². The van der Waals surface area contributed by atoms with E-state index in [-0.39, 0.29) is 20.9 Å². The maximum atomic E-state index is 13.2. The molecule has 31 heavy (non-hydrogen) atoms. The number of allylic oxidation sites excluding steroid dienone is 1. The normalized spacial score (nSPS) is 21.8. The molecule has 6 nitrogen and oxygen atoms in total. The zero-order chi connectivity index (χ0) is 22.0. The Labute approximate surface area is 178 Å². The molecule has 3 aromatic carbocycles. The molecule has 0 saturated carbocycles. The van der Waals surface area contributed by atoms with Gasteiger partial charge in [-0.3, -0.25) is 9.59 Å². The molecule has 5 rings (SSSR count). The van der Waals surface area contributed by atoms with Gasteiger partial charge in [-0.2, -0.15) is 0 Å². The van der Waals surface area contributed by atoms with Gasteiger partial charge in [0, 0.05) is 11.1 Å². The van der Waals surface area contributed by atoms with Crippen LogP contribution in [0.25, 0.3) is 11.1 Å². The molecule has 8 heteroatoms. The van der Waals surface area contributed by atoms with E-state index in [0.717, 1.165) is 11.6 Å². The van der Waals surface area contributed by atoms with Gasteiger partial charge in [-0.05, 0) is 35.4 Å². The first-order valence-electron chi connectivity index (χ1n) is 9.31. The van der Waals surface area contributed by atoms with Gasteiger partial charge >= 0.3 is 0 Å².